The van der Waals surface area contributed by atoms with Gasteiger partial charge in [0.15, 0.2) is 0 Å². The minimum atomic E-state index is -0.781. The van der Waals surface area contributed by atoms with Gasteiger partial charge in [0.05, 0.1) is 17.1 Å². The first-order valence-corrected chi connectivity index (χ1v) is 8.38. The smallest absolute Gasteiger partial charge is 0.306 e. The second kappa shape index (κ2) is 10.0. The maximum Gasteiger partial charge on any atom is 0.306 e. The highest BCUT2D eigenvalue weighted by Crippen LogP contribution is 2.26. The highest BCUT2D eigenvalue weighted by molar-refractivity contribution is 5.69. The number of aliphatic carboxylic acids is 1. The van der Waals surface area contributed by atoms with E-state index in [1.165, 1.54) is 0 Å². The first kappa shape index (κ1) is 21.1. The number of carbonyl (C=O) groups is 1. The van der Waals surface area contributed by atoms with Crippen LogP contribution in [0, 0.1) is 5.92 Å². The van der Waals surface area contributed by atoms with Crippen LogP contribution in [-0.4, -0.2) is 32.5 Å². The molecule has 0 aromatic rings. The van der Waals surface area contributed by atoms with Crippen molar-refractivity contribution in [2.75, 3.05) is 0 Å². The third kappa shape index (κ3) is 10.8. The Bertz CT molecular complexity index is 345. The first-order valence-electron chi connectivity index (χ1n) is 8.38. The van der Waals surface area contributed by atoms with Crippen LogP contribution in [0.1, 0.15) is 79.1 Å². The summed E-state index contributed by atoms with van der Waals surface area (Å²) in [6.45, 7) is 7.31. The Hall–Kier alpha value is -0.870. The van der Waals surface area contributed by atoms with Gasteiger partial charge in [-0.3, -0.25) is 4.79 Å². The van der Waals surface area contributed by atoms with E-state index in [9.17, 15) is 15.0 Å². The summed E-state index contributed by atoms with van der Waals surface area (Å²) in [7, 11) is 0. The van der Waals surface area contributed by atoms with E-state index in [1.807, 2.05) is 26.0 Å². The van der Waals surface area contributed by atoms with Crippen LogP contribution in [0.3, 0.4) is 0 Å². The summed E-state index contributed by atoms with van der Waals surface area (Å²) in [5, 5.41) is 29.4. The molecule has 0 bridgehead atoms. The van der Waals surface area contributed by atoms with Gasteiger partial charge in [-0.2, -0.15) is 0 Å². The quantitative estimate of drug-likeness (QED) is 0.477. The van der Waals surface area contributed by atoms with E-state index in [1.54, 1.807) is 13.8 Å². The maximum absolute atomic E-state index is 10.8. The molecule has 0 radical (unpaired) electrons. The Labute approximate surface area is 135 Å². The van der Waals surface area contributed by atoms with Gasteiger partial charge in [-0.25, -0.2) is 0 Å². The molecule has 0 aromatic heterocycles. The Morgan fingerprint density at radius 1 is 1.05 bits per heavy atom. The Morgan fingerprint density at radius 3 is 2.05 bits per heavy atom. The van der Waals surface area contributed by atoms with Crippen LogP contribution in [-0.2, 0) is 4.79 Å². The summed E-state index contributed by atoms with van der Waals surface area (Å²) < 4.78 is 0. The maximum atomic E-state index is 10.8. The molecule has 0 fully saturated rings. The van der Waals surface area contributed by atoms with Gasteiger partial charge in [-0.05, 0) is 72.1 Å². The van der Waals surface area contributed by atoms with Crippen molar-refractivity contribution in [3.8, 4) is 0 Å². The minimum Gasteiger partial charge on any atom is -0.481 e. The lowest BCUT2D eigenvalue weighted by Crippen LogP contribution is -2.28. The predicted octanol–water partition coefficient (Wildman–Crippen LogP) is 3.91. The van der Waals surface area contributed by atoms with Crippen LogP contribution < -0.4 is 0 Å². The van der Waals surface area contributed by atoms with Crippen molar-refractivity contribution < 1.29 is 20.1 Å². The molecule has 0 aliphatic heterocycles. The Kier molecular flexibility index (Phi) is 9.61. The zero-order valence-corrected chi connectivity index (χ0v) is 14.6. The molecule has 3 atom stereocenters. The van der Waals surface area contributed by atoms with E-state index in [0.717, 1.165) is 19.3 Å². The average molecular weight is 314 g/mol. The average Bonchev–Trinajstić information content (AvgIpc) is 2.37. The first-order chi connectivity index (χ1) is 10.1. The largest absolute Gasteiger partial charge is 0.481 e. The van der Waals surface area contributed by atoms with E-state index >= 15 is 0 Å². The SMILES string of the molecule is C/C=C\CCC(C)(O)CCCC(C)(O)CCCC(C)C(=O)O. The molecule has 4 nitrogen and oxygen atoms in total. The number of rotatable bonds is 12. The molecule has 0 aliphatic rings. The third-order valence-electron chi connectivity index (χ3n) is 4.29. The molecule has 0 aliphatic carbocycles. The van der Waals surface area contributed by atoms with Crippen molar-refractivity contribution >= 4 is 5.97 Å². The number of carboxylic acid groups (broad SMARTS) is 1. The summed E-state index contributed by atoms with van der Waals surface area (Å²) in [6.07, 6.45) is 9.61. The summed E-state index contributed by atoms with van der Waals surface area (Å²) in [4.78, 5) is 10.8. The number of allylic oxidation sites excluding steroid dienone is 2. The second-order valence-electron chi connectivity index (χ2n) is 7.09. The van der Waals surface area contributed by atoms with Crippen LogP contribution in [0.2, 0.25) is 0 Å². The van der Waals surface area contributed by atoms with Crippen molar-refractivity contribution in [2.24, 2.45) is 5.92 Å². The normalized spacial score (nSPS) is 18.8. The molecule has 0 amide bonds. The fourth-order valence-corrected chi connectivity index (χ4v) is 2.57. The predicted molar refractivity (Wildman–Crippen MR) is 89.8 cm³/mol. The van der Waals surface area contributed by atoms with Crippen molar-refractivity contribution in [3.05, 3.63) is 12.2 Å². The summed E-state index contributed by atoms with van der Waals surface area (Å²) in [6, 6.07) is 0. The van der Waals surface area contributed by atoms with Gasteiger partial charge in [0, 0.05) is 0 Å². The molecule has 0 spiro atoms. The van der Waals surface area contributed by atoms with Crippen LogP contribution in [0.25, 0.3) is 0 Å². The van der Waals surface area contributed by atoms with Gasteiger partial charge in [-0.1, -0.05) is 19.1 Å². The van der Waals surface area contributed by atoms with Crippen molar-refractivity contribution in [1.82, 2.24) is 0 Å². The van der Waals surface area contributed by atoms with Gasteiger partial charge in [0.1, 0.15) is 0 Å². The zero-order valence-electron chi connectivity index (χ0n) is 14.6. The van der Waals surface area contributed by atoms with E-state index in [0.29, 0.717) is 32.1 Å². The zero-order chi connectivity index (χ0) is 17.2. The van der Waals surface area contributed by atoms with Crippen LogP contribution in [0.4, 0.5) is 0 Å². The summed E-state index contributed by atoms with van der Waals surface area (Å²) in [5.41, 5.74) is -1.47. The molecule has 0 heterocycles. The molecular weight excluding hydrogens is 280 g/mol. The molecule has 0 rings (SSSR count). The van der Waals surface area contributed by atoms with Crippen LogP contribution in [0.15, 0.2) is 12.2 Å². The van der Waals surface area contributed by atoms with Crippen molar-refractivity contribution in [3.63, 3.8) is 0 Å². The van der Waals surface area contributed by atoms with E-state index in [4.69, 9.17) is 5.11 Å². The van der Waals surface area contributed by atoms with Gasteiger partial charge < -0.3 is 15.3 Å². The summed E-state index contributed by atoms with van der Waals surface area (Å²) >= 11 is 0. The Morgan fingerprint density at radius 2 is 1.55 bits per heavy atom. The lowest BCUT2D eigenvalue weighted by molar-refractivity contribution is -0.141. The molecule has 3 unspecified atom stereocenters. The lowest BCUT2D eigenvalue weighted by atomic mass is 9.87. The van der Waals surface area contributed by atoms with Crippen molar-refractivity contribution in [2.45, 2.75) is 90.3 Å². The van der Waals surface area contributed by atoms with Gasteiger partial charge in [0.25, 0.3) is 0 Å². The van der Waals surface area contributed by atoms with Gasteiger partial charge >= 0.3 is 5.97 Å². The van der Waals surface area contributed by atoms with E-state index in [-0.39, 0.29) is 5.92 Å². The number of hydrogen-bond donors (Lipinski definition) is 3. The minimum absolute atomic E-state index is 0.358. The number of aliphatic hydroxyl groups is 2. The molecular formula is C18H34O4. The summed E-state index contributed by atoms with van der Waals surface area (Å²) in [5.74, 6) is -1.14. The molecule has 22 heavy (non-hydrogen) atoms. The highest BCUT2D eigenvalue weighted by Gasteiger charge is 2.24. The molecule has 0 saturated carbocycles. The van der Waals surface area contributed by atoms with E-state index < -0.39 is 17.2 Å². The second-order valence-corrected chi connectivity index (χ2v) is 7.09. The van der Waals surface area contributed by atoms with Crippen molar-refractivity contribution in [1.29, 1.82) is 0 Å². The van der Waals surface area contributed by atoms with Crippen LogP contribution >= 0.6 is 0 Å². The molecule has 0 saturated heterocycles. The van der Waals surface area contributed by atoms with Gasteiger partial charge in [0.2, 0.25) is 0 Å². The fourth-order valence-electron chi connectivity index (χ4n) is 2.57. The van der Waals surface area contributed by atoms with Gasteiger partial charge in [-0.15, -0.1) is 0 Å². The molecule has 0 aromatic carbocycles. The molecule has 130 valence electrons. The van der Waals surface area contributed by atoms with E-state index in [2.05, 4.69) is 0 Å². The highest BCUT2D eigenvalue weighted by atomic mass is 16.4. The number of hydrogen-bond acceptors (Lipinski definition) is 3. The lowest BCUT2D eigenvalue weighted by Gasteiger charge is -2.27. The fraction of sp³-hybridized carbons (Fsp3) is 0.833. The molecule has 4 heteroatoms. The number of carboxylic acids is 1. The third-order valence-corrected chi connectivity index (χ3v) is 4.29. The van der Waals surface area contributed by atoms with Crippen LogP contribution in [0.5, 0.6) is 0 Å². The standard InChI is InChI=1S/C18H34O4/c1-5-6-7-11-17(3,21)13-9-14-18(4,22)12-8-10-15(2)16(19)20/h5-6,15,21-22H,7-14H2,1-4H3,(H,19,20)/b6-5-. The molecule has 3 N–H and O–H groups in total. The topological polar surface area (TPSA) is 77.8 Å². The Balaban J connectivity index is 3.98. The monoisotopic (exact) mass is 314 g/mol.